The van der Waals surface area contributed by atoms with E-state index in [2.05, 4.69) is 18.5 Å². The zero-order valence-electron chi connectivity index (χ0n) is 19.6. The molecule has 3 rings (SSSR count). The summed E-state index contributed by atoms with van der Waals surface area (Å²) in [5.41, 5.74) is 1.44. The molecule has 0 aliphatic carbocycles. The lowest BCUT2D eigenvalue weighted by atomic mass is 9.88. The van der Waals surface area contributed by atoms with Crippen molar-refractivity contribution in [3.05, 3.63) is 119 Å². The first-order valence-corrected chi connectivity index (χ1v) is 12.9. The van der Waals surface area contributed by atoms with Crippen molar-refractivity contribution in [2.24, 2.45) is 0 Å². The second-order valence-corrected chi connectivity index (χ2v) is 9.85. The standard InChI is InChI=1S/C28H28N2O4S/c1-3-5-16-28(27(4-2)24-14-10-7-11-15-24)29(22-21-23-12-8-6-9-13-23)35(33,34)26-19-17-25(18-20-26)30(31)32/h4,6-15,17-20,27-28H,2-3,5,16H2,1H3. The fourth-order valence-corrected chi connectivity index (χ4v) is 5.33. The first kappa shape index (κ1) is 25.7. The molecule has 2 unspecified atom stereocenters. The van der Waals surface area contributed by atoms with Crippen LogP contribution < -0.4 is 0 Å². The third kappa shape index (κ3) is 6.37. The topological polar surface area (TPSA) is 80.5 Å². The van der Waals surface area contributed by atoms with Crippen LogP contribution in [0.15, 0.2) is 102 Å². The fourth-order valence-electron chi connectivity index (χ4n) is 3.86. The molecule has 0 N–H and O–H groups in total. The van der Waals surface area contributed by atoms with Crippen LogP contribution >= 0.6 is 0 Å². The summed E-state index contributed by atoms with van der Waals surface area (Å²) < 4.78 is 29.0. The van der Waals surface area contributed by atoms with Gasteiger partial charge < -0.3 is 0 Å². The summed E-state index contributed by atoms with van der Waals surface area (Å²) in [4.78, 5) is 10.5. The summed E-state index contributed by atoms with van der Waals surface area (Å²) in [5, 5.41) is 11.1. The monoisotopic (exact) mass is 488 g/mol. The molecule has 0 fully saturated rings. The Balaban J connectivity index is 2.16. The van der Waals surface area contributed by atoms with E-state index in [9.17, 15) is 18.5 Å². The molecule has 0 aliphatic rings. The maximum atomic E-state index is 13.9. The third-order valence-electron chi connectivity index (χ3n) is 5.70. The van der Waals surface area contributed by atoms with E-state index in [0.717, 1.165) is 18.4 Å². The second kappa shape index (κ2) is 12.0. The first-order chi connectivity index (χ1) is 16.9. The van der Waals surface area contributed by atoms with Gasteiger partial charge in [-0.1, -0.05) is 74.4 Å². The van der Waals surface area contributed by atoms with E-state index < -0.39 is 21.0 Å². The van der Waals surface area contributed by atoms with Gasteiger partial charge in [-0.25, -0.2) is 12.7 Å². The van der Waals surface area contributed by atoms with Crippen LogP contribution in [0.4, 0.5) is 5.69 Å². The van der Waals surface area contributed by atoms with Crippen LogP contribution in [0, 0.1) is 22.1 Å². The Bertz CT molecular complexity index is 1300. The zero-order chi connectivity index (χ0) is 25.3. The smallest absolute Gasteiger partial charge is 0.258 e. The summed E-state index contributed by atoms with van der Waals surface area (Å²) in [6, 6.07) is 26.1. The predicted octanol–water partition coefficient (Wildman–Crippen LogP) is 6.12. The number of benzene rings is 3. The molecule has 0 radical (unpaired) electrons. The Hall–Kier alpha value is -3.89. The van der Waals surface area contributed by atoms with Gasteiger partial charge >= 0.3 is 0 Å². The van der Waals surface area contributed by atoms with E-state index in [1.165, 1.54) is 28.6 Å². The minimum Gasteiger partial charge on any atom is -0.258 e. The highest BCUT2D eigenvalue weighted by atomic mass is 32.2. The van der Waals surface area contributed by atoms with Gasteiger partial charge in [0.25, 0.3) is 15.7 Å². The summed E-state index contributed by atoms with van der Waals surface area (Å²) in [6.45, 7) is 6.06. The average molecular weight is 489 g/mol. The van der Waals surface area contributed by atoms with Crippen LogP contribution in [0.2, 0.25) is 0 Å². The molecule has 0 heterocycles. The van der Waals surface area contributed by atoms with Crippen LogP contribution in [-0.2, 0) is 10.0 Å². The van der Waals surface area contributed by atoms with Crippen molar-refractivity contribution in [2.75, 3.05) is 0 Å². The molecular formula is C28H28N2O4S. The SMILES string of the molecule is C=CC(c1ccccc1)C(CCCC)N(C#Cc1ccccc1)S(=O)(=O)c1ccc([N+](=O)[O-])cc1. The molecule has 2 atom stereocenters. The van der Waals surface area contributed by atoms with Gasteiger partial charge in [-0.3, -0.25) is 10.1 Å². The molecule has 3 aromatic rings. The van der Waals surface area contributed by atoms with Gasteiger partial charge in [0.1, 0.15) is 0 Å². The van der Waals surface area contributed by atoms with Crippen molar-refractivity contribution in [2.45, 2.75) is 43.0 Å². The molecule has 35 heavy (non-hydrogen) atoms. The molecule has 0 spiro atoms. The number of hydrogen-bond donors (Lipinski definition) is 0. The summed E-state index contributed by atoms with van der Waals surface area (Å²) >= 11 is 0. The Morgan fingerprint density at radius 1 is 1.00 bits per heavy atom. The minimum absolute atomic E-state index is 0.0529. The van der Waals surface area contributed by atoms with Gasteiger partial charge in [0, 0.05) is 29.7 Å². The van der Waals surface area contributed by atoms with Crippen molar-refractivity contribution in [3.63, 3.8) is 0 Å². The van der Waals surface area contributed by atoms with Crippen molar-refractivity contribution >= 4 is 15.7 Å². The third-order valence-corrected chi connectivity index (χ3v) is 7.44. The number of nitrogens with zero attached hydrogens (tertiary/aromatic N) is 2. The Morgan fingerprint density at radius 3 is 2.14 bits per heavy atom. The quantitative estimate of drug-likeness (QED) is 0.113. The Labute approximate surface area is 207 Å². The van der Waals surface area contributed by atoms with Gasteiger partial charge in [-0.15, -0.1) is 6.58 Å². The van der Waals surface area contributed by atoms with Crippen molar-refractivity contribution < 1.29 is 13.3 Å². The molecular weight excluding hydrogens is 460 g/mol. The van der Waals surface area contributed by atoms with Gasteiger partial charge in [0.05, 0.1) is 15.9 Å². The van der Waals surface area contributed by atoms with Crippen molar-refractivity contribution in [1.82, 2.24) is 4.31 Å². The molecule has 0 saturated heterocycles. The number of sulfonamides is 1. The van der Waals surface area contributed by atoms with Crippen LogP contribution in [0.5, 0.6) is 0 Å². The molecule has 3 aromatic carbocycles. The minimum atomic E-state index is -4.12. The summed E-state index contributed by atoms with van der Waals surface area (Å²) in [7, 11) is -4.12. The van der Waals surface area contributed by atoms with E-state index >= 15 is 0 Å². The van der Waals surface area contributed by atoms with Gasteiger partial charge in [0.15, 0.2) is 0 Å². The normalized spacial score (nSPS) is 12.6. The highest BCUT2D eigenvalue weighted by molar-refractivity contribution is 7.89. The van der Waals surface area contributed by atoms with Gasteiger partial charge in [-0.2, -0.15) is 0 Å². The highest BCUT2D eigenvalue weighted by Gasteiger charge is 2.34. The molecule has 0 amide bonds. The lowest BCUT2D eigenvalue weighted by Crippen LogP contribution is -2.40. The van der Waals surface area contributed by atoms with Crippen LogP contribution in [-0.4, -0.2) is 23.7 Å². The lowest BCUT2D eigenvalue weighted by molar-refractivity contribution is -0.384. The van der Waals surface area contributed by atoms with Crippen molar-refractivity contribution in [1.29, 1.82) is 0 Å². The van der Waals surface area contributed by atoms with E-state index in [-0.39, 0.29) is 16.5 Å². The van der Waals surface area contributed by atoms with Gasteiger partial charge in [-0.05, 0) is 42.2 Å². The van der Waals surface area contributed by atoms with Crippen molar-refractivity contribution in [3.8, 4) is 12.0 Å². The molecule has 180 valence electrons. The number of hydrogen-bond acceptors (Lipinski definition) is 4. The molecule has 7 heteroatoms. The van der Waals surface area contributed by atoms with E-state index in [1.54, 1.807) is 6.08 Å². The predicted molar refractivity (Wildman–Crippen MR) is 138 cm³/mol. The Kier molecular flexibility index (Phi) is 8.82. The number of non-ortho nitro benzene ring substituents is 1. The average Bonchev–Trinajstić information content (AvgIpc) is 2.88. The molecule has 0 aromatic heterocycles. The maximum Gasteiger partial charge on any atom is 0.271 e. The molecule has 0 saturated carbocycles. The van der Waals surface area contributed by atoms with E-state index in [1.807, 2.05) is 67.6 Å². The van der Waals surface area contributed by atoms with Crippen LogP contribution in [0.1, 0.15) is 43.2 Å². The van der Waals surface area contributed by atoms with Crippen LogP contribution in [0.3, 0.4) is 0 Å². The number of unbranched alkanes of at least 4 members (excludes halogenated alkanes) is 1. The maximum absolute atomic E-state index is 13.9. The summed E-state index contributed by atoms with van der Waals surface area (Å²) in [5.74, 6) is 2.69. The Morgan fingerprint density at radius 2 is 1.60 bits per heavy atom. The molecule has 6 nitrogen and oxygen atoms in total. The number of rotatable bonds is 10. The second-order valence-electron chi connectivity index (χ2n) is 8.04. The lowest BCUT2D eigenvalue weighted by Gasteiger charge is -2.33. The fraction of sp³-hybridized carbons (Fsp3) is 0.214. The molecule has 0 aliphatic heterocycles. The van der Waals surface area contributed by atoms with E-state index in [4.69, 9.17) is 0 Å². The number of nitro groups is 1. The summed E-state index contributed by atoms with van der Waals surface area (Å²) in [6.07, 6.45) is 4.00. The van der Waals surface area contributed by atoms with E-state index in [0.29, 0.717) is 12.0 Å². The first-order valence-electron chi connectivity index (χ1n) is 11.4. The largest absolute Gasteiger partial charge is 0.271 e. The zero-order valence-corrected chi connectivity index (χ0v) is 20.4. The van der Waals surface area contributed by atoms with Crippen LogP contribution in [0.25, 0.3) is 0 Å². The molecule has 0 bridgehead atoms. The number of nitro benzene ring substituents is 1. The highest BCUT2D eigenvalue weighted by Crippen LogP contribution is 2.32. The van der Waals surface area contributed by atoms with Gasteiger partial charge in [0.2, 0.25) is 0 Å².